The van der Waals surface area contributed by atoms with E-state index in [1.165, 1.54) is 24.0 Å². The number of amides is 2. The first-order valence-corrected chi connectivity index (χ1v) is 13.0. The molecule has 1 unspecified atom stereocenters. The number of rotatable bonds is 10. The zero-order chi connectivity index (χ0) is 24.8. The number of benzene rings is 2. The molecule has 0 saturated heterocycles. The van der Waals surface area contributed by atoms with E-state index >= 15 is 0 Å². The van der Waals surface area contributed by atoms with Gasteiger partial charge in [-0.3, -0.25) is 18.7 Å². The van der Waals surface area contributed by atoms with E-state index < -0.39 is 28.5 Å². The van der Waals surface area contributed by atoms with Crippen molar-refractivity contribution in [3.8, 4) is 0 Å². The fourth-order valence-corrected chi connectivity index (χ4v) is 4.29. The number of hydrogen-bond donors (Lipinski definition) is 1. The van der Waals surface area contributed by atoms with Crippen LogP contribution in [0.1, 0.15) is 36.7 Å². The predicted octanol–water partition coefficient (Wildman–Crippen LogP) is 2.97. The number of sulfonamides is 1. The summed E-state index contributed by atoms with van der Waals surface area (Å²) in [6, 6.07) is 12.5. The predicted molar refractivity (Wildman–Crippen MR) is 131 cm³/mol. The minimum Gasteiger partial charge on any atom is -0.355 e. The van der Waals surface area contributed by atoms with E-state index in [2.05, 4.69) is 21.2 Å². The highest BCUT2D eigenvalue weighted by Gasteiger charge is 2.30. The summed E-state index contributed by atoms with van der Waals surface area (Å²) in [5.41, 5.74) is 1.32. The van der Waals surface area contributed by atoms with Crippen molar-refractivity contribution in [3.63, 3.8) is 0 Å². The van der Waals surface area contributed by atoms with E-state index in [0.29, 0.717) is 12.1 Å². The van der Waals surface area contributed by atoms with Gasteiger partial charge in [-0.25, -0.2) is 8.42 Å². The first kappa shape index (κ1) is 26.5. The van der Waals surface area contributed by atoms with Crippen molar-refractivity contribution < 1.29 is 22.8 Å². The van der Waals surface area contributed by atoms with Gasteiger partial charge >= 0.3 is 0 Å². The van der Waals surface area contributed by atoms with Crippen molar-refractivity contribution in [2.24, 2.45) is 0 Å². The second-order valence-corrected chi connectivity index (χ2v) is 10.4. The molecule has 0 aromatic heterocycles. The minimum atomic E-state index is -3.86. The molecule has 1 atom stereocenters. The molecule has 2 amide bonds. The molecule has 1 N–H and O–H groups in total. The van der Waals surface area contributed by atoms with Crippen LogP contribution < -0.4 is 9.62 Å². The molecule has 33 heavy (non-hydrogen) atoms. The number of likely N-dealkylation sites (N-methyl/N-ethyl adjacent to an activating group) is 1. The van der Waals surface area contributed by atoms with Gasteiger partial charge in [0.1, 0.15) is 12.6 Å². The van der Waals surface area contributed by atoms with Crippen LogP contribution in [0.4, 0.5) is 5.69 Å². The van der Waals surface area contributed by atoms with Crippen LogP contribution in [-0.2, 0) is 26.2 Å². The molecule has 0 spiro atoms. The van der Waals surface area contributed by atoms with Gasteiger partial charge in [-0.15, -0.1) is 0 Å². The molecule has 0 aliphatic carbocycles. The Hall–Kier alpha value is -2.72. The maximum absolute atomic E-state index is 13.4. The molecule has 2 aromatic carbocycles. The second-order valence-electron chi connectivity index (χ2n) is 7.59. The molecule has 0 aliphatic heterocycles. The Morgan fingerprint density at radius 3 is 2.27 bits per heavy atom. The Morgan fingerprint density at radius 1 is 1.09 bits per heavy atom. The number of nitrogens with one attached hydrogen (secondary N) is 1. The third kappa shape index (κ3) is 7.40. The van der Waals surface area contributed by atoms with Crippen LogP contribution in [0, 0.1) is 0 Å². The third-order valence-corrected chi connectivity index (χ3v) is 6.67. The SMILES string of the molecule is CCNC(=O)C(C)N(Cc1ccc(Br)cc1)C(=O)CN(c1cccc(C(C)=O)c1)S(C)(=O)=O. The summed E-state index contributed by atoms with van der Waals surface area (Å²) in [5, 5.41) is 2.70. The number of Topliss-reactive ketones (excluding diaryl/α,β-unsaturated/α-hetero) is 1. The van der Waals surface area contributed by atoms with Crippen LogP contribution in [0.25, 0.3) is 0 Å². The van der Waals surface area contributed by atoms with Crippen molar-refractivity contribution >= 4 is 49.2 Å². The fourth-order valence-electron chi connectivity index (χ4n) is 3.18. The molecule has 0 saturated carbocycles. The normalized spacial score (nSPS) is 12.0. The number of halogens is 1. The molecule has 0 heterocycles. The van der Waals surface area contributed by atoms with Crippen LogP contribution in [0.2, 0.25) is 0 Å². The van der Waals surface area contributed by atoms with Crippen molar-refractivity contribution in [1.29, 1.82) is 0 Å². The minimum absolute atomic E-state index is 0.121. The zero-order valence-corrected chi connectivity index (χ0v) is 21.4. The maximum atomic E-state index is 13.4. The highest BCUT2D eigenvalue weighted by molar-refractivity contribution is 9.10. The van der Waals surface area contributed by atoms with Crippen LogP contribution in [0.5, 0.6) is 0 Å². The molecular formula is C23H28BrN3O5S. The van der Waals surface area contributed by atoms with Gasteiger partial charge < -0.3 is 10.2 Å². The Morgan fingerprint density at radius 2 is 1.73 bits per heavy atom. The molecule has 0 aliphatic rings. The fraction of sp³-hybridized carbons (Fsp3) is 0.348. The van der Waals surface area contributed by atoms with Gasteiger partial charge in [-0.1, -0.05) is 40.2 Å². The Bertz CT molecular complexity index is 1120. The Balaban J connectivity index is 2.41. The summed E-state index contributed by atoms with van der Waals surface area (Å²) in [6.07, 6.45) is 0.993. The lowest BCUT2D eigenvalue weighted by atomic mass is 10.1. The molecule has 178 valence electrons. The number of anilines is 1. The second kappa shape index (κ2) is 11.4. The average molecular weight is 538 g/mol. The summed E-state index contributed by atoms with van der Waals surface area (Å²) in [4.78, 5) is 39.0. The molecule has 0 bridgehead atoms. The highest BCUT2D eigenvalue weighted by Crippen LogP contribution is 2.21. The van der Waals surface area contributed by atoms with E-state index in [9.17, 15) is 22.8 Å². The summed E-state index contributed by atoms with van der Waals surface area (Å²) in [5.74, 6) is -1.11. The van der Waals surface area contributed by atoms with E-state index in [1.807, 2.05) is 24.3 Å². The summed E-state index contributed by atoms with van der Waals surface area (Å²) >= 11 is 3.37. The smallest absolute Gasteiger partial charge is 0.244 e. The standard InChI is InChI=1S/C23H28BrN3O5S/c1-5-25-23(30)16(2)26(14-18-9-11-20(24)12-10-18)22(29)15-27(33(4,31)32)21-8-6-7-19(13-21)17(3)28/h6-13,16H,5,14-15H2,1-4H3,(H,25,30). The molecule has 0 radical (unpaired) electrons. The van der Waals surface area contributed by atoms with Crippen molar-refractivity contribution in [3.05, 3.63) is 64.1 Å². The van der Waals surface area contributed by atoms with E-state index in [4.69, 9.17) is 0 Å². The van der Waals surface area contributed by atoms with Crippen molar-refractivity contribution in [2.75, 3.05) is 23.7 Å². The van der Waals surface area contributed by atoms with Crippen molar-refractivity contribution in [2.45, 2.75) is 33.4 Å². The Labute approximate surface area is 203 Å². The van der Waals surface area contributed by atoms with Gasteiger partial charge in [0.25, 0.3) is 0 Å². The lowest BCUT2D eigenvalue weighted by Crippen LogP contribution is -2.51. The summed E-state index contributed by atoms with van der Waals surface area (Å²) in [7, 11) is -3.86. The number of carbonyl (C=O) groups excluding carboxylic acids is 3. The zero-order valence-electron chi connectivity index (χ0n) is 19.0. The largest absolute Gasteiger partial charge is 0.355 e. The van der Waals surface area contributed by atoms with E-state index in [-0.39, 0.29) is 23.9 Å². The van der Waals surface area contributed by atoms with Crippen LogP contribution in [0.3, 0.4) is 0 Å². The first-order valence-electron chi connectivity index (χ1n) is 10.3. The number of hydrogen-bond acceptors (Lipinski definition) is 5. The average Bonchev–Trinajstić information content (AvgIpc) is 2.75. The first-order chi connectivity index (χ1) is 15.4. The molecular weight excluding hydrogens is 510 g/mol. The Kier molecular flexibility index (Phi) is 9.18. The molecule has 2 rings (SSSR count). The quantitative estimate of drug-likeness (QED) is 0.469. The van der Waals surface area contributed by atoms with E-state index in [1.54, 1.807) is 26.0 Å². The molecule has 10 heteroatoms. The lowest BCUT2D eigenvalue weighted by molar-refractivity contribution is -0.139. The molecule has 2 aromatic rings. The van der Waals surface area contributed by atoms with Gasteiger partial charge in [0, 0.05) is 23.1 Å². The molecule has 0 fully saturated rings. The van der Waals surface area contributed by atoms with Crippen LogP contribution in [0.15, 0.2) is 53.0 Å². The van der Waals surface area contributed by atoms with Crippen LogP contribution in [-0.4, -0.2) is 56.3 Å². The number of carbonyl (C=O) groups is 3. The van der Waals surface area contributed by atoms with Crippen molar-refractivity contribution in [1.82, 2.24) is 10.2 Å². The molecule has 8 nitrogen and oxygen atoms in total. The lowest BCUT2D eigenvalue weighted by Gasteiger charge is -2.31. The maximum Gasteiger partial charge on any atom is 0.244 e. The topological polar surface area (TPSA) is 104 Å². The van der Waals surface area contributed by atoms with Gasteiger partial charge in [0.15, 0.2) is 5.78 Å². The monoisotopic (exact) mass is 537 g/mol. The number of nitrogens with zero attached hydrogens (tertiary/aromatic N) is 2. The van der Waals surface area contributed by atoms with Gasteiger partial charge in [-0.05, 0) is 50.6 Å². The third-order valence-electron chi connectivity index (χ3n) is 5.00. The van der Waals surface area contributed by atoms with Gasteiger partial charge in [0.2, 0.25) is 21.8 Å². The highest BCUT2D eigenvalue weighted by atomic mass is 79.9. The van der Waals surface area contributed by atoms with E-state index in [0.717, 1.165) is 20.6 Å². The van der Waals surface area contributed by atoms with Crippen LogP contribution >= 0.6 is 15.9 Å². The van der Waals surface area contributed by atoms with Gasteiger partial charge in [-0.2, -0.15) is 0 Å². The summed E-state index contributed by atoms with van der Waals surface area (Å²) in [6.45, 7) is 4.76. The summed E-state index contributed by atoms with van der Waals surface area (Å²) < 4.78 is 26.9. The van der Waals surface area contributed by atoms with Gasteiger partial charge in [0.05, 0.1) is 11.9 Å². The number of ketones is 1.